The van der Waals surface area contributed by atoms with Gasteiger partial charge in [-0.3, -0.25) is 0 Å². The summed E-state index contributed by atoms with van der Waals surface area (Å²) in [7, 11) is 0. The van der Waals surface area contributed by atoms with Crippen LogP contribution >= 0.6 is 204 Å². The van der Waals surface area contributed by atoms with Crippen molar-refractivity contribution in [2.75, 3.05) is 0 Å². The second-order valence-electron chi connectivity index (χ2n) is 30.5. The van der Waals surface area contributed by atoms with Crippen molar-refractivity contribution in [3.05, 3.63) is 247 Å². The van der Waals surface area contributed by atoms with E-state index in [1.807, 2.05) is 204 Å². The maximum atomic E-state index is 2.42. The lowest BCUT2D eigenvalue weighted by Gasteiger charge is -2.11. The van der Waals surface area contributed by atoms with E-state index >= 15 is 0 Å². The maximum absolute atomic E-state index is 2.42. The highest BCUT2D eigenvalue weighted by atomic mass is 32.2. The van der Waals surface area contributed by atoms with Gasteiger partial charge < -0.3 is 0 Å². The minimum absolute atomic E-state index is 1.35. The van der Waals surface area contributed by atoms with Crippen LogP contribution in [0.15, 0.2) is 156 Å². The Balaban J connectivity index is 0.000000104. The zero-order valence-electron chi connectivity index (χ0n) is 67.4. The fourth-order valence-corrected chi connectivity index (χ4v) is 35.6. The van der Waals surface area contributed by atoms with Crippen molar-refractivity contribution in [2.45, 2.75) is 125 Å². The van der Waals surface area contributed by atoms with E-state index in [4.69, 9.17) is 0 Å². The molecule has 0 radical (unpaired) electrons. The lowest BCUT2D eigenvalue weighted by molar-refractivity contribution is 1.51. The average molecular weight is 1830 g/mol. The van der Waals surface area contributed by atoms with Crippen LogP contribution in [-0.4, -0.2) is 0 Å². The molecule has 0 aliphatic heterocycles. The van der Waals surface area contributed by atoms with E-state index in [9.17, 15) is 0 Å². The molecule has 0 aliphatic rings. The summed E-state index contributed by atoms with van der Waals surface area (Å²) in [5.74, 6) is 0. The van der Waals surface area contributed by atoms with Crippen LogP contribution in [-0.2, 0) is 0 Å². The van der Waals surface area contributed by atoms with Gasteiger partial charge in [0.05, 0.1) is 0 Å². The van der Waals surface area contributed by atoms with Crippen LogP contribution in [0.5, 0.6) is 0 Å². The summed E-state index contributed by atoms with van der Waals surface area (Å²) in [4.78, 5) is 36.0. The van der Waals surface area contributed by atoms with Crippen LogP contribution in [0, 0.1) is 125 Å². The molecule has 0 unspecified atom stereocenters. The Morgan fingerprint density at radius 1 is 0.155 bits per heavy atom. The number of hydrogen-bond acceptors (Lipinski definition) is 18. The molecule has 0 fully saturated rings. The first-order valence-electron chi connectivity index (χ1n) is 38.4. The third kappa shape index (κ3) is 14.6. The molecule has 0 N–H and O–H groups in total. The second-order valence-corrected chi connectivity index (χ2v) is 52.2. The first-order valence-corrected chi connectivity index (χ1v) is 53.2. The van der Waals surface area contributed by atoms with Gasteiger partial charge in [-0.2, -0.15) is 0 Å². The predicted octanol–water partition coefficient (Wildman–Crippen LogP) is 39.3. The predicted molar refractivity (Wildman–Crippen MR) is 547 cm³/mol. The largest absolute Gasteiger partial charge is 0.143 e. The van der Waals surface area contributed by atoms with Crippen LogP contribution < -0.4 is 0 Å². The van der Waals surface area contributed by atoms with Gasteiger partial charge in [0.15, 0.2) is 0 Å². The topological polar surface area (TPSA) is 0 Å². The molecule has 18 heteroatoms. The van der Waals surface area contributed by atoms with Crippen LogP contribution in [0.2, 0.25) is 0 Å². The molecule has 18 heterocycles. The molecule has 0 saturated carbocycles. The highest BCUT2D eigenvalue weighted by Gasteiger charge is 2.29. The molecule has 116 heavy (non-hydrogen) atoms. The van der Waals surface area contributed by atoms with Gasteiger partial charge in [0.2, 0.25) is 0 Å². The molecule has 0 amide bonds. The van der Waals surface area contributed by atoms with Crippen molar-refractivity contribution in [3.8, 4) is 103 Å². The number of aryl methyl sites for hydroxylation is 18. The fourth-order valence-electron chi connectivity index (χ4n) is 16.4. The molecule has 18 aromatic heterocycles. The Bertz CT molecular complexity index is 6720. The molecular formula is C98H80S18. The van der Waals surface area contributed by atoms with Crippen molar-refractivity contribution in [1.29, 1.82) is 0 Å². The van der Waals surface area contributed by atoms with Crippen molar-refractivity contribution < 1.29 is 0 Å². The molecule has 580 valence electrons. The number of thiophene rings is 18. The Labute approximate surface area is 750 Å². The van der Waals surface area contributed by atoms with Crippen molar-refractivity contribution >= 4 is 285 Å². The summed E-state index contributed by atoms with van der Waals surface area (Å²) >= 11 is 34.6. The van der Waals surface area contributed by atoms with Crippen LogP contribution in [0.1, 0.15) is 90.5 Å². The number of rotatable bonds is 10. The summed E-state index contributed by atoms with van der Waals surface area (Å²) in [6.45, 7) is 40.0. The van der Waals surface area contributed by atoms with Crippen LogP contribution in [0.3, 0.4) is 0 Å². The Kier molecular flexibility index (Phi) is 21.6. The summed E-state index contributed by atoms with van der Waals surface area (Å²) in [5, 5.41) is 15.9. The molecule has 0 aliphatic carbocycles. The maximum Gasteiger partial charge on any atom is 0.0449 e. The molecule has 0 nitrogen and oxygen atoms in total. The lowest BCUT2D eigenvalue weighted by atomic mass is 9.97. The number of benzene rings is 4. The van der Waals surface area contributed by atoms with Gasteiger partial charge in [-0.25, -0.2) is 0 Å². The minimum Gasteiger partial charge on any atom is -0.143 e. The fraction of sp³-hybridized carbons (Fsp3) is 0.184. The van der Waals surface area contributed by atoms with E-state index in [0.29, 0.717) is 0 Å². The van der Waals surface area contributed by atoms with Crippen molar-refractivity contribution in [3.63, 3.8) is 0 Å². The third-order valence-electron chi connectivity index (χ3n) is 20.9. The summed E-state index contributed by atoms with van der Waals surface area (Å²) in [5.41, 5.74) is 17.0. The van der Waals surface area contributed by atoms with E-state index in [1.54, 1.807) is 0 Å². The lowest BCUT2D eigenvalue weighted by Crippen LogP contribution is -1.84. The SMILES string of the molecule is Cc1cc(C)c(-c2c3cc(C)sc3c(-c3sc(C)cc3C)c3cc(C)sc23)s1.Cc1ccc(-c2c3cc(C)sc3c(-c3ccc(C)s3)c3cc(C)sc23)s1.Cc1ccc(-c2ccc(-c3c4cc(C)sc4c(-c4ccc(-c5ccc(C)s5)s4)c4cc(C)sc34)s2)s1.Cc1csc(-c2c3cc(C)sc3c(-c3cc(C)cs3)c3cc(C)sc23)c1. The zero-order valence-corrected chi connectivity index (χ0v) is 82.1. The zero-order chi connectivity index (χ0) is 80.3. The van der Waals surface area contributed by atoms with Gasteiger partial charge >= 0.3 is 0 Å². The normalized spacial score (nSPS) is 11.9. The Morgan fingerprint density at radius 3 is 0.578 bits per heavy atom. The smallest absolute Gasteiger partial charge is 0.0449 e. The van der Waals surface area contributed by atoms with Crippen molar-refractivity contribution in [1.82, 2.24) is 0 Å². The third-order valence-corrected chi connectivity index (χ3v) is 40.6. The number of hydrogen-bond donors (Lipinski definition) is 0. The molecule has 22 aromatic rings. The van der Waals surface area contributed by atoms with Gasteiger partial charge in [0.1, 0.15) is 0 Å². The van der Waals surface area contributed by atoms with E-state index in [0.717, 1.165) is 0 Å². The second kappa shape index (κ2) is 31.5. The molecule has 0 saturated heterocycles. The highest BCUT2D eigenvalue weighted by molar-refractivity contribution is 7.29. The van der Waals surface area contributed by atoms with E-state index in [1.165, 1.54) is 274 Å². The van der Waals surface area contributed by atoms with Gasteiger partial charge in [0.25, 0.3) is 0 Å². The standard InChI is InChI=1S/C30H22S6.C24H22S4.2C22H18S4/c1-15-5-7-21(31-15)23-9-11-25(35-23)27-19-13-17(3)34-30(19)28(20-14-18(4)33-29(20)27)26-12-10-24(36-26)22-8-6-16(2)32-22;1-11-7-13(3)25-21(11)19-17-9-15(5)28-24(17)20(18-10-16(6)27-23(18)19)22-12(2)8-14(4)26-22;1-11-5-17(23-9-11)19-15-7-13(3)26-22(15)20(18-6-12(2)10-24-18)16-8-14(4)25-21(16)19;1-11-5-7-17(23-11)19-15-9-13(3)26-22(15)20(18-8-6-12(2)24-18)16-10-14(4)25-21(16)19/h5-14H,1-4H3;7-10H,1-6H3;2*5-10H,1-4H3. The average Bonchev–Trinajstić information content (AvgIpc) is 1.59. The monoisotopic (exact) mass is 1830 g/mol. The first kappa shape index (κ1) is 79.4. The van der Waals surface area contributed by atoms with E-state index in [2.05, 4.69) is 281 Å². The minimum atomic E-state index is 1.35. The van der Waals surface area contributed by atoms with Crippen LogP contribution in [0.25, 0.3) is 184 Å². The van der Waals surface area contributed by atoms with E-state index < -0.39 is 0 Å². The molecule has 22 rings (SSSR count). The van der Waals surface area contributed by atoms with Gasteiger partial charge in [-0.1, -0.05) is 0 Å². The number of fused-ring (bicyclic) bond motifs is 8. The van der Waals surface area contributed by atoms with Gasteiger partial charge in [0, 0.05) is 252 Å². The van der Waals surface area contributed by atoms with Gasteiger partial charge in [-0.15, -0.1) is 204 Å². The summed E-state index contributed by atoms with van der Waals surface area (Å²) < 4.78 is 11.5. The van der Waals surface area contributed by atoms with Gasteiger partial charge in [-0.05, 0) is 303 Å². The first-order chi connectivity index (χ1) is 55.8. The Hall–Kier alpha value is -6.44. The molecule has 0 spiro atoms. The molecule has 0 bridgehead atoms. The molecular weight excluding hydrogens is 1750 g/mol. The van der Waals surface area contributed by atoms with E-state index in [-0.39, 0.29) is 0 Å². The molecule has 0 atom stereocenters. The quantitative estimate of drug-likeness (QED) is 0.128. The summed E-state index contributed by atoms with van der Waals surface area (Å²) in [6.07, 6.45) is 0. The summed E-state index contributed by atoms with van der Waals surface area (Å²) in [6, 6.07) is 55.9. The Morgan fingerprint density at radius 2 is 0.353 bits per heavy atom. The van der Waals surface area contributed by atoms with Crippen molar-refractivity contribution in [2.24, 2.45) is 0 Å². The van der Waals surface area contributed by atoms with Crippen LogP contribution in [0.4, 0.5) is 0 Å². The highest BCUT2D eigenvalue weighted by Crippen LogP contribution is 2.58. The molecule has 4 aromatic carbocycles.